The maximum atomic E-state index is 12.1. The van der Waals surface area contributed by atoms with Crippen molar-refractivity contribution >= 4 is 28.8 Å². The summed E-state index contributed by atoms with van der Waals surface area (Å²) in [5.41, 5.74) is 0. The van der Waals surface area contributed by atoms with Crippen LogP contribution in [0.2, 0.25) is 0 Å². The Morgan fingerprint density at radius 1 is 1.04 bits per heavy atom. The highest BCUT2D eigenvalue weighted by molar-refractivity contribution is 14.1. The van der Waals surface area contributed by atoms with E-state index in [1.54, 1.807) is 0 Å². The van der Waals surface area contributed by atoms with Gasteiger partial charge in [0.2, 0.25) is 0 Å². The molecule has 2 aliphatic rings. The van der Waals surface area contributed by atoms with Gasteiger partial charge in [0.15, 0.2) is 0 Å². The summed E-state index contributed by atoms with van der Waals surface area (Å²) in [4.78, 5) is 17.3. The molecule has 0 aromatic heterocycles. The predicted octanol–water partition coefficient (Wildman–Crippen LogP) is 2.77. The van der Waals surface area contributed by atoms with Gasteiger partial charge in [-0.3, -0.25) is 4.79 Å². The van der Waals surface area contributed by atoms with Crippen LogP contribution in [0.5, 0.6) is 0 Å². The number of piperidine rings is 2. The molecule has 0 amide bonds. The Morgan fingerprint density at radius 3 is 2.29 bits per heavy atom. The average molecular weight is 452 g/mol. The van der Waals surface area contributed by atoms with E-state index in [-0.39, 0.29) is 5.92 Å². The normalized spacial score (nSPS) is 22.3. The van der Waals surface area contributed by atoms with Crippen LogP contribution in [0.15, 0.2) is 0 Å². The minimum absolute atomic E-state index is 0.190. The van der Waals surface area contributed by atoms with Crippen molar-refractivity contribution in [3.63, 3.8) is 0 Å². The van der Waals surface area contributed by atoms with Crippen molar-refractivity contribution in [3.8, 4) is 0 Å². The van der Waals surface area contributed by atoms with Crippen LogP contribution in [-0.4, -0.2) is 74.2 Å². The lowest BCUT2D eigenvalue weighted by Gasteiger charge is -2.41. The summed E-state index contributed by atoms with van der Waals surface area (Å²) in [5.74, 6) is 0.970. The van der Waals surface area contributed by atoms with Crippen molar-refractivity contribution in [2.24, 2.45) is 11.8 Å². The molecule has 2 aliphatic heterocycles. The van der Waals surface area contributed by atoms with E-state index < -0.39 is 0 Å². The molecule has 140 valence electrons. The van der Waals surface area contributed by atoms with E-state index in [0.717, 1.165) is 39.1 Å². The number of rotatable bonds is 9. The third kappa shape index (κ3) is 6.52. The fourth-order valence-electron chi connectivity index (χ4n) is 3.91. The number of ether oxygens (including phenoxy) is 1. The summed E-state index contributed by atoms with van der Waals surface area (Å²) >= 11 is 1.90. The van der Waals surface area contributed by atoms with Gasteiger partial charge in [0.05, 0.1) is 19.8 Å². The van der Waals surface area contributed by atoms with Crippen molar-refractivity contribution in [2.45, 2.75) is 45.6 Å². The molecule has 2 rings (SSSR count). The van der Waals surface area contributed by atoms with Gasteiger partial charge in [0.1, 0.15) is 28.8 Å². The van der Waals surface area contributed by atoms with Crippen molar-refractivity contribution in [1.82, 2.24) is 9.80 Å². The van der Waals surface area contributed by atoms with E-state index in [4.69, 9.17) is 7.80 Å². The van der Waals surface area contributed by atoms with Crippen LogP contribution >= 0.6 is 23.0 Å². The topological polar surface area (TPSA) is 42.0 Å². The molecular weight excluding hydrogens is 419 g/mol. The number of carbonyl (C=O) groups excluding carboxylic acids is 1. The summed E-state index contributed by atoms with van der Waals surface area (Å²) in [6, 6.07) is 0.713. The predicted molar refractivity (Wildman–Crippen MR) is 104 cm³/mol. The SMILES string of the molecule is CC(C)C(=O)C1CCN(C2CCN(CCOCCOI)CC2)CC1. The first kappa shape index (κ1) is 20.6. The maximum absolute atomic E-state index is 12.1. The molecule has 2 fully saturated rings. The fourth-order valence-corrected chi connectivity index (χ4v) is 4.09. The van der Waals surface area contributed by atoms with Gasteiger partial charge in [-0.1, -0.05) is 13.8 Å². The van der Waals surface area contributed by atoms with Crippen LogP contribution in [0.25, 0.3) is 0 Å². The molecule has 24 heavy (non-hydrogen) atoms. The smallest absolute Gasteiger partial charge is 0.138 e. The molecule has 0 aromatic rings. The van der Waals surface area contributed by atoms with Gasteiger partial charge in [-0.2, -0.15) is 0 Å². The zero-order chi connectivity index (χ0) is 17.4. The molecule has 6 heteroatoms. The number of hydrogen-bond donors (Lipinski definition) is 0. The van der Waals surface area contributed by atoms with Crippen LogP contribution in [-0.2, 0) is 12.6 Å². The average Bonchev–Trinajstić information content (AvgIpc) is 2.61. The summed E-state index contributed by atoms with van der Waals surface area (Å²) in [7, 11) is 0. The van der Waals surface area contributed by atoms with Crippen LogP contribution in [0.1, 0.15) is 39.5 Å². The number of halogens is 1. The van der Waals surface area contributed by atoms with Gasteiger partial charge < -0.3 is 17.6 Å². The first-order valence-electron chi connectivity index (χ1n) is 9.43. The van der Waals surface area contributed by atoms with Crippen LogP contribution < -0.4 is 0 Å². The molecule has 0 N–H and O–H groups in total. The third-order valence-corrected chi connectivity index (χ3v) is 5.87. The Hall–Kier alpha value is 0.240. The largest absolute Gasteiger partial charge is 0.378 e. The second kappa shape index (κ2) is 11.1. The Labute approximate surface area is 161 Å². The number of ketones is 1. The molecule has 0 aromatic carbocycles. The van der Waals surface area contributed by atoms with Gasteiger partial charge in [-0.15, -0.1) is 0 Å². The van der Waals surface area contributed by atoms with Crippen molar-refractivity contribution in [1.29, 1.82) is 0 Å². The molecule has 0 unspecified atom stereocenters. The van der Waals surface area contributed by atoms with Gasteiger partial charge >= 0.3 is 0 Å². The summed E-state index contributed by atoms with van der Waals surface area (Å²) < 4.78 is 10.5. The van der Waals surface area contributed by atoms with Crippen LogP contribution in [0.4, 0.5) is 0 Å². The lowest BCUT2D eigenvalue weighted by Crippen LogP contribution is -2.49. The Morgan fingerprint density at radius 2 is 1.71 bits per heavy atom. The number of nitrogens with zero attached hydrogens (tertiary/aromatic N) is 2. The zero-order valence-electron chi connectivity index (χ0n) is 15.2. The molecule has 2 saturated heterocycles. The zero-order valence-corrected chi connectivity index (χ0v) is 17.4. The third-order valence-electron chi connectivity index (χ3n) is 5.43. The van der Waals surface area contributed by atoms with Crippen LogP contribution in [0, 0.1) is 11.8 Å². The van der Waals surface area contributed by atoms with E-state index in [2.05, 4.69) is 9.80 Å². The second-order valence-corrected chi connectivity index (χ2v) is 7.99. The number of likely N-dealkylation sites (tertiary alicyclic amines) is 2. The quantitative estimate of drug-likeness (QED) is 0.398. The molecule has 0 aliphatic carbocycles. The molecular formula is C18H33IN2O3. The van der Waals surface area contributed by atoms with Crippen molar-refractivity contribution < 1.29 is 12.6 Å². The summed E-state index contributed by atoms with van der Waals surface area (Å²) in [5, 5.41) is 0. The Balaban J connectivity index is 1.60. The summed E-state index contributed by atoms with van der Waals surface area (Å²) in [6.07, 6.45) is 4.62. The molecule has 0 atom stereocenters. The lowest BCUT2D eigenvalue weighted by molar-refractivity contribution is -0.127. The van der Waals surface area contributed by atoms with Gasteiger partial charge in [0.25, 0.3) is 0 Å². The van der Waals surface area contributed by atoms with E-state index in [1.165, 1.54) is 25.9 Å². The highest BCUT2D eigenvalue weighted by atomic mass is 127. The molecule has 0 saturated carbocycles. The fraction of sp³-hybridized carbons (Fsp3) is 0.944. The minimum atomic E-state index is 0.190. The van der Waals surface area contributed by atoms with Gasteiger partial charge in [0, 0.05) is 24.4 Å². The van der Waals surface area contributed by atoms with Crippen LogP contribution in [0.3, 0.4) is 0 Å². The Bertz CT molecular complexity index is 365. The first-order valence-corrected chi connectivity index (χ1v) is 10.3. The lowest BCUT2D eigenvalue weighted by atomic mass is 9.86. The van der Waals surface area contributed by atoms with Crippen molar-refractivity contribution in [3.05, 3.63) is 0 Å². The highest BCUT2D eigenvalue weighted by Gasteiger charge is 2.31. The Kier molecular flexibility index (Phi) is 9.47. The standard InChI is InChI=1S/C18H33IN2O3/c1-15(2)18(22)16-3-9-21(10-4-16)17-5-7-20(8-6-17)11-12-23-13-14-24-19/h15-17H,3-14H2,1-2H3. The first-order chi connectivity index (χ1) is 11.6. The molecule has 2 heterocycles. The molecule has 0 radical (unpaired) electrons. The number of Topliss-reactive ketones (excluding diaryl/α,β-unsaturated/α-hetero) is 1. The van der Waals surface area contributed by atoms with E-state index >= 15 is 0 Å². The molecule has 0 spiro atoms. The maximum Gasteiger partial charge on any atom is 0.138 e. The van der Waals surface area contributed by atoms with E-state index in [0.29, 0.717) is 31.0 Å². The van der Waals surface area contributed by atoms with E-state index in [1.807, 2.05) is 36.9 Å². The van der Waals surface area contributed by atoms with E-state index in [9.17, 15) is 4.79 Å². The number of hydrogen-bond acceptors (Lipinski definition) is 5. The molecule has 5 nitrogen and oxygen atoms in total. The van der Waals surface area contributed by atoms with Gasteiger partial charge in [-0.05, 0) is 51.9 Å². The summed E-state index contributed by atoms with van der Waals surface area (Å²) in [6.45, 7) is 11.8. The van der Waals surface area contributed by atoms with Gasteiger partial charge in [-0.25, -0.2) is 0 Å². The molecule has 0 bridgehead atoms. The second-order valence-electron chi connectivity index (χ2n) is 7.37. The highest BCUT2D eigenvalue weighted by Crippen LogP contribution is 2.25. The minimum Gasteiger partial charge on any atom is -0.378 e. The number of carbonyl (C=O) groups is 1. The van der Waals surface area contributed by atoms with Crippen molar-refractivity contribution in [2.75, 3.05) is 52.5 Å². The monoisotopic (exact) mass is 452 g/mol.